The molecule has 5 nitrogen and oxygen atoms in total. The maximum absolute atomic E-state index is 12.3. The van der Waals surface area contributed by atoms with Gasteiger partial charge in [0.2, 0.25) is 0 Å². The second kappa shape index (κ2) is 7.74. The first kappa shape index (κ1) is 17.5. The van der Waals surface area contributed by atoms with Crippen molar-refractivity contribution in [2.45, 2.75) is 33.2 Å². The molecule has 0 unspecified atom stereocenters. The fourth-order valence-corrected chi connectivity index (χ4v) is 3.26. The molecule has 0 saturated carbocycles. The normalized spacial score (nSPS) is 12.4. The van der Waals surface area contributed by atoms with Crippen LogP contribution in [0, 0.1) is 0 Å². The van der Waals surface area contributed by atoms with Crippen LogP contribution in [-0.2, 0) is 17.7 Å². The SMILES string of the molecule is CCOc1cc2c(cc1OCCOC)CCn1ccc(C(=O)CC)c1-2. The zero-order valence-electron chi connectivity index (χ0n) is 15.1. The summed E-state index contributed by atoms with van der Waals surface area (Å²) in [4.78, 5) is 12.3. The number of ether oxygens (including phenoxy) is 3. The number of aryl methyl sites for hydroxylation is 2. The minimum absolute atomic E-state index is 0.167. The van der Waals surface area contributed by atoms with Crippen molar-refractivity contribution in [3.63, 3.8) is 0 Å². The highest BCUT2D eigenvalue weighted by Crippen LogP contribution is 2.40. The number of nitrogens with zero attached hydrogens (tertiary/aromatic N) is 1. The van der Waals surface area contributed by atoms with E-state index in [4.69, 9.17) is 14.2 Å². The van der Waals surface area contributed by atoms with Crippen molar-refractivity contribution in [3.05, 3.63) is 35.5 Å². The van der Waals surface area contributed by atoms with Crippen molar-refractivity contribution in [1.29, 1.82) is 0 Å². The zero-order valence-corrected chi connectivity index (χ0v) is 15.1. The van der Waals surface area contributed by atoms with Gasteiger partial charge in [0.05, 0.1) is 18.9 Å². The van der Waals surface area contributed by atoms with E-state index in [2.05, 4.69) is 4.57 Å². The number of aromatic nitrogens is 1. The molecule has 0 atom stereocenters. The number of carbonyl (C=O) groups excluding carboxylic acids is 1. The number of rotatable bonds is 8. The van der Waals surface area contributed by atoms with Crippen LogP contribution in [0.2, 0.25) is 0 Å². The van der Waals surface area contributed by atoms with Crippen LogP contribution in [-0.4, -0.2) is 37.3 Å². The van der Waals surface area contributed by atoms with E-state index in [0.717, 1.165) is 35.5 Å². The van der Waals surface area contributed by atoms with Crippen LogP contribution in [0.5, 0.6) is 11.5 Å². The number of hydrogen-bond donors (Lipinski definition) is 0. The Morgan fingerprint density at radius 1 is 1.16 bits per heavy atom. The molecule has 2 aromatic rings. The average molecular weight is 343 g/mol. The van der Waals surface area contributed by atoms with Gasteiger partial charge in [-0.2, -0.15) is 0 Å². The third kappa shape index (κ3) is 3.42. The average Bonchev–Trinajstić information content (AvgIpc) is 3.06. The Balaban J connectivity index is 2.04. The quantitative estimate of drug-likeness (QED) is 0.541. The fourth-order valence-electron chi connectivity index (χ4n) is 3.26. The molecule has 0 fully saturated rings. The molecule has 1 aromatic carbocycles. The zero-order chi connectivity index (χ0) is 17.8. The Hall–Kier alpha value is -2.27. The summed E-state index contributed by atoms with van der Waals surface area (Å²) in [7, 11) is 1.65. The van der Waals surface area contributed by atoms with Crippen molar-refractivity contribution >= 4 is 5.78 Å². The van der Waals surface area contributed by atoms with E-state index in [9.17, 15) is 4.79 Å². The van der Waals surface area contributed by atoms with Gasteiger partial charge in [0.25, 0.3) is 0 Å². The molecule has 0 N–H and O–H groups in total. The molecule has 0 bridgehead atoms. The van der Waals surface area contributed by atoms with Crippen molar-refractivity contribution in [1.82, 2.24) is 4.57 Å². The minimum atomic E-state index is 0.167. The van der Waals surface area contributed by atoms with E-state index >= 15 is 0 Å². The van der Waals surface area contributed by atoms with Gasteiger partial charge in [0, 0.05) is 37.4 Å². The number of Topliss-reactive ketones (excluding diaryl/α,β-unsaturated/α-hetero) is 1. The summed E-state index contributed by atoms with van der Waals surface area (Å²) < 4.78 is 18.9. The van der Waals surface area contributed by atoms with E-state index in [0.29, 0.717) is 32.0 Å². The van der Waals surface area contributed by atoms with Crippen LogP contribution >= 0.6 is 0 Å². The highest BCUT2D eigenvalue weighted by atomic mass is 16.5. The van der Waals surface area contributed by atoms with Crippen LogP contribution in [0.15, 0.2) is 24.4 Å². The van der Waals surface area contributed by atoms with Crippen LogP contribution in [0.25, 0.3) is 11.3 Å². The van der Waals surface area contributed by atoms with Crippen LogP contribution in [0.1, 0.15) is 36.2 Å². The fraction of sp³-hybridized carbons (Fsp3) is 0.450. The molecular weight excluding hydrogens is 318 g/mol. The number of methoxy groups -OCH3 is 1. The lowest BCUT2D eigenvalue weighted by molar-refractivity contribution is 0.0988. The second-order valence-corrected chi connectivity index (χ2v) is 6.03. The van der Waals surface area contributed by atoms with Crippen LogP contribution in [0.3, 0.4) is 0 Å². The lowest BCUT2D eigenvalue weighted by Gasteiger charge is -2.23. The highest BCUT2D eigenvalue weighted by molar-refractivity contribution is 6.02. The Morgan fingerprint density at radius 3 is 2.68 bits per heavy atom. The van der Waals surface area contributed by atoms with Gasteiger partial charge in [-0.25, -0.2) is 0 Å². The smallest absolute Gasteiger partial charge is 0.164 e. The summed E-state index contributed by atoms with van der Waals surface area (Å²) in [6, 6.07) is 5.99. The molecule has 0 saturated heterocycles. The van der Waals surface area contributed by atoms with E-state index in [-0.39, 0.29) is 5.78 Å². The predicted octanol–water partition coefficient (Wildman–Crippen LogP) is 3.73. The van der Waals surface area contributed by atoms with Gasteiger partial charge in [0.15, 0.2) is 17.3 Å². The van der Waals surface area contributed by atoms with Gasteiger partial charge >= 0.3 is 0 Å². The van der Waals surface area contributed by atoms with Crippen molar-refractivity contribution in [2.75, 3.05) is 26.9 Å². The number of ketones is 1. The molecule has 134 valence electrons. The molecule has 25 heavy (non-hydrogen) atoms. The van der Waals surface area contributed by atoms with E-state index in [1.54, 1.807) is 7.11 Å². The van der Waals surface area contributed by atoms with Crippen molar-refractivity contribution < 1.29 is 19.0 Å². The summed E-state index contributed by atoms with van der Waals surface area (Å²) in [6.07, 6.45) is 3.41. The molecule has 5 heteroatoms. The molecule has 3 rings (SSSR count). The number of fused-ring (bicyclic) bond motifs is 3. The molecular formula is C20H25NO4. The second-order valence-electron chi connectivity index (χ2n) is 6.03. The Labute approximate surface area is 148 Å². The lowest BCUT2D eigenvalue weighted by atomic mass is 9.94. The summed E-state index contributed by atoms with van der Waals surface area (Å²) in [5.41, 5.74) is 4.04. The van der Waals surface area contributed by atoms with Crippen LogP contribution in [0.4, 0.5) is 0 Å². The van der Waals surface area contributed by atoms with Gasteiger partial charge in [-0.15, -0.1) is 0 Å². The summed E-state index contributed by atoms with van der Waals surface area (Å²) >= 11 is 0. The standard InChI is InChI=1S/C20H25NO4/c1-4-17(22)15-7-9-21-8-6-14-12-18(25-11-10-23-3)19(24-5-2)13-16(14)20(15)21/h7,9,12-13H,4-6,8,10-11H2,1-3H3. The Kier molecular flexibility index (Phi) is 5.43. The van der Waals surface area contributed by atoms with Gasteiger partial charge in [-0.05, 0) is 37.1 Å². The summed E-state index contributed by atoms with van der Waals surface area (Å²) in [5.74, 6) is 1.61. The largest absolute Gasteiger partial charge is 0.490 e. The third-order valence-electron chi connectivity index (χ3n) is 4.48. The number of benzene rings is 1. The van der Waals surface area contributed by atoms with Gasteiger partial charge in [-0.1, -0.05) is 6.92 Å². The minimum Gasteiger partial charge on any atom is -0.490 e. The maximum Gasteiger partial charge on any atom is 0.164 e. The summed E-state index contributed by atoms with van der Waals surface area (Å²) in [6.45, 7) is 6.28. The van der Waals surface area contributed by atoms with Crippen molar-refractivity contribution in [3.8, 4) is 22.8 Å². The topological polar surface area (TPSA) is 49.7 Å². The van der Waals surface area contributed by atoms with E-state index in [1.807, 2.05) is 38.2 Å². The molecule has 0 aliphatic carbocycles. The lowest BCUT2D eigenvalue weighted by Crippen LogP contribution is -2.13. The maximum atomic E-state index is 12.3. The molecule has 1 aliphatic heterocycles. The summed E-state index contributed by atoms with van der Waals surface area (Å²) in [5, 5.41) is 0. The highest BCUT2D eigenvalue weighted by Gasteiger charge is 2.24. The number of hydrogen-bond acceptors (Lipinski definition) is 4. The van der Waals surface area contributed by atoms with Gasteiger partial charge in [0.1, 0.15) is 6.61 Å². The van der Waals surface area contributed by atoms with Crippen LogP contribution < -0.4 is 9.47 Å². The molecule has 1 aliphatic rings. The monoisotopic (exact) mass is 343 g/mol. The molecule has 0 spiro atoms. The van der Waals surface area contributed by atoms with E-state index in [1.165, 1.54) is 5.56 Å². The van der Waals surface area contributed by atoms with Crippen molar-refractivity contribution in [2.24, 2.45) is 0 Å². The van der Waals surface area contributed by atoms with Gasteiger partial charge < -0.3 is 18.8 Å². The molecule has 0 amide bonds. The molecule has 1 aromatic heterocycles. The predicted molar refractivity (Wildman–Crippen MR) is 96.7 cm³/mol. The molecule has 0 radical (unpaired) electrons. The van der Waals surface area contributed by atoms with E-state index < -0.39 is 0 Å². The third-order valence-corrected chi connectivity index (χ3v) is 4.48. The number of carbonyl (C=O) groups is 1. The first-order valence-corrected chi connectivity index (χ1v) is 8.83. The first-order valence-electron chi connectivity index (χ1n) is 8.83. The molecule has 2 heterocycles. The Bertz CT molecular complexity index is 763. The first-order chi connectivity index (χ1) is 12.2. The Morgan fingerprint density at radius 2 is 1.96 bits per heavy atom. The van der Waals surface area contributed by atoms with Gasteiger partial charge in [-0.3, -0.25) is 4.79 Å².